The van der Waals surface area contributed by atoms with Gasteiger partial charge in [0.05, 0.1) is 13.0 Å². The van der Waals surface area contributed by atoms with Crippen LogP contribution in [0.15, 0.2) is 24.3 Å². The van der Waals surface area contributed by atoms with Gasteiger partial charge in [0.2, 0.25) is 5.91 Å². The van der Waals surface area contributed by atoms with Crippen LogP contribution in [0.5, 0.6) is 5.75 Å². The van der Waals surface area contributed by atoms with Crippen LogP contribution in [0.4, 0.5) is 0 Å². The van der Waals surface area contributed by atoms with Gasteiger partial charge in [0, 0.05) is 43.3 Å². The Morgan fingerprint density at radius 3 is 2.46 bits per heavy atom. The van der Waals surface area contributed by atoms with Gasteiger partial charge in [0.25, 0.3) is 5.91 Å². The number of likely N-dealkylation sites (tertiary alicyclic amines) is 1. The van der Waals surface area contributed by atoms with Crippen LogP contribution in [0.3, 0.4) is 0 Å². The molecule has 6 nitrogen and oxygen atoms in total. The van der Waals surface area contributed by atoms with E-state index >= 15 is 0 Å². The lowest BCUT2D eigenvalue weighted by molar-refractivity contribution is -0.130. The highest BCUT2D eigenvalue weighted by Gasteiger charge is 2.51. The molecule has 6 heteroatoms. The molecule has 1 N–H and O–H groups in total. The monoisotopic (exact) mass is 360 g/mol. The number of hydrogen-bond donors (Lipinski definition) is 1. The lowest BCUT2D eigenvalue weighted by Gasteiger charge is -2.37. The molecule has 142 valence electrons. The van der Waals surface area contributed by atoms with Gasteiger partial charge < -0.3 is 19.7 Å². The molecular formula is C20H28N2O4. The summed E-state index contributed by atoms with van der Waals surface area (Å²) < 4.78 is 10.7. The number of amides is 2. The van der Waals surface area contributed by atoms with Crippen molar-refractivity contribution < 1.29 is 19.1 Å². The largest absolute Gasteiger partial charge is 0.497 e. The highest BCUT2D eigenvalue weighted by Crippen LogP contribution is 2.44. The first kappa shape index (κ1) is 18.7. The SMILES string of the molecule is COc1ccc(C(=O)N2C[C@@H](C(=O)NC(C)C)C3(CCOCC3)C2)cc1. The average Bonchev–Trinajstić information content (AvgIpc) is 3.00. The molecule has 2 aliphatic rings. The summed E-state index contributed by atoms with van der Waals surface area (Å²) in [6, 6.07) is 7.22. The minimum atomic E-state index is -0.184. The van der Waals surface area contributed by atoms with Crippen molar-refractivity contribution in [2.45, 2.75) is 32.7 Å². The van der Waals surface area contributed by atoms with Crippen molar-refractivity contribution in [1.82, 2.24) is 10.2 Å². The normalized spacial score (nSPS) is 21.8. The van der Waals surface area contributed by atoms with Crippen molar-refractivity contribution in [2.75, 3.05) is 33.4 Å². The molecule has 2 fully saturated rings. The quantitative estimate of drug-likeness (QED) is 0.893. The first-order valence-electron chi connectivity index (χ1n) is 9.27. The van der Waals surface area contributed by atoms with E-state index in [9.17, 15) is 9.59 Å². The summed E-state index contributed by atoms with van der Waals surface area (Å²) in [7, 11) is 1.60. The predicted molar refractivity (Wildman–Crippen MR) is 98.2 cm³/mol. The first-order valence-corrected chi connectivity index (χ1v) is 9.27. The number of benzene rings is 1. The van der Waals surface area contributed by atoms with Gasteiger partial charge in [-0.1, -0.05) is 0 Å². The molecule has 3 rings (SSSR count). The van der Waals surface area contributed by atoms with Gasteiger partial charge in [-0.05, 0) is 51.0 Å². The Kier molecular flexibility index (Phi) is 5.51. The van der Waals surface area contributed by atoms with E-state index in [1.165, 1.54) is 0 Å². The zero-order chi connectivity index (χ0) is 18.7. The average molecular weight is 360 g/mol. The molecule has 1 aromatic rings. The summed E-state index contributed by atoms with van der Waals surface area (Å²) >= 11 is 0. The number of nitrogens with zero attached hydrogens (tertiary/aromatic N) is 1. The second-order valence-corrected chi connectivity index (χ2v) is 7.60. The van der Waals surface area contributed by atoms with E-state index in [4.69, 9.17) is 9.47 Å². The third-order valence-electron chi connectivity index (χ3n) is 5.51. The van der Waals surface area contributed by atoms with Gasteiger partial charge in [0.15, 0.2) is 0 Å². The number of hydrogen-bond acceptors (Lipinski definition) is 4. The van der Waals surface area contributed by atoms with E-state index < -0.39 is 0 Å². The maximum Gasteiger partial charge on any atom is 0.253 e. The molecule has 2 amide bonds. The summed E-state index contributed by atoms with van der Waals surface area (Å²) in [5, 5.41) is 3.04. The van der Waals surface area contributed by atoms with Crippen molar-refractivity contribution in [3.8, 4) is 5.75 Å². The third-order valence-corrected chi connectivity index (χ3v) is 5.51. The summed E-state index contributed by atoms with van der Waals surface area (Å²) in [6.45, 7) is 6.29. The molecule has 26 heavy (non-hydrogen) atoms. The number of ether oxygens (including phenoxy) is 2. The fourth-order valence-electron chi connectivity index (χ4n) is 4.07. The van der Waals surface area contributed by atoms with E-state index in [0.717, 1.165) is 18.6 Å². The molecule has 0 aliphatic carbocycles. The van der Waals surface area contributed by atoms with Crippen LogP contribution in [0.2, 0.25) is 0 Å². The third kappa shape index (κ3) is 3.70. The Labute approximate surface area is 154 Å². The lowest BCUT2D eigenvalue weighted by atomic mass is 9.71. The summed E-state index contributed by atoms with van der Waals surface area (Å²) in [5.74, 6) is 0.555. The Morgan fingerprint density at radius 1 is 1.23 bits per heavy atom. The van der Waals surface area contributed by atoms with Gasteiger partial charge in [-0.25, -0.2) is 0 Å². The van der Waals surface area contributed by atoms with Crippen molar-refractivity contribution in [3.63, 3.8) is 0 Å². The Bertz CT molecular complexity index is 650. The van der Waals surface area contributed by atoms with E-state index in [2.05, 4.69) is 5.32 Å². The molecule has 0 bridgehead atoms. The number of carbonyl (C=O) groups is 2. The predicted octanol–water partition coefficient (Wildman–Crippen LogP) is 2.09. The Balaban J connectivity index is 1.80. The fraction of sp³-hybridized carbons (Fsp3) is 0.600. The van der Waals surface area contributed by atoms with E-state index in [-0.39, 0.29) is 29.2 Å². The smallest absolute Gasteiger partial charge is 0.253 e. The molecule has 2 aliphatic heterocycles. The molecule has 0 saturated carbocycles. The van der Waals surface area contributed by atoms with Crippen LogP contribution in [0.25, 0.3) is 0 Å². The van der Waals surface area contributed by atoms with Gasteiger partial charge in [-0.15, -0.1) is 0 Å². The zero-order valence-electron chi connectivity index (χ0n) is 15.8. The molecule has 1 aromatic carbocycles. The van der Waals surface area contributed by atoms with E-state index in [1.807, 2.05) is 18.7 Å². The van der Waals surface area contributed by atoms with Crippen molar-refractivity contribution in [2.24, 2.45) is 11.3 Å². The van der Waals surface area contributed by atoms with Crippen LogP contribution in [-0.2, 0) is 9.53 Å². The van der Waals surface area contributed by atoms with Gasteiger partial charge >= 0.3 is 0 Å². The topological polar surface area (TPSA) is 67.9 Å². The Hall–Kier alpha value is -2.08. The molecule has 2 saturated heterocycles. The van der Waals surface area contributed by atoms with Crippen LogP contribution < -0.4 is 10.1 Å². The molecule has 0 unspecified atom stereocenters. The van der Waals surface area contributed by atoms with Crippen LogP contribution in [0, 0.1) is 11.3 Å². The molecular weight excluding hydrogens is 332 g/mol. The van der Waals surface area contributed by atoms with Gasteiger partial charge in [-0.3, -0.25) is 9.59 Å². The Morgan fingerprint density at radius 2 is 1.88 bits per heavy atom. The first-order chi connectivity index (χ1) is 12.4. The van der Waals surface area contributed by atoms with Crippen LogP contribution in [0.1, 0.15) is 37.0 Å². The lowest BCUT2D eigenvalue weighted by Crippen LogP contribution is -2.46. The second-order valence-electron chi connectivity index (χ2n) is 7.60. The zero-order valence-corrected chi connectivity index (χ0v) is 15.8. The van der Waals surface area contributed by atoms with Crippen molar-refractivity contribution in [3.05, 3.63) is 29.8 Å². The maximum atomic E-state index is 13.0. The molecule has 1 atom stereocenters. The van der Waals surface area contributed by atoms with E-state index in [1.54, 1.807) is 31.4 Å². The molecule has 0 aromatic heterocycles. The highest BCUT2D eigenvalue weighted by atomic mass is 16.5. The summed E-state index contributed by atoms with van der Waals surface area (Å²) in [5.41, 5.74) is 0.442. The molecule has 2 heterocycles. The van der Waals surface area contributed by atoms with Crippen LogP contribution >= 0.6 is 0 Å². The number of carbonyl (C=O) groups excluding carboxylic acids is 2. The van der Waals surface area contributed by atoms with Gasteiger partial charge in [-0.2, -0.15) is 0 Å². The van der Waals surface area contributed by atoms with Crippen LogP contribution in [-0.4, -0.2) is 56.2 Å². The maximum absolute atomic E-state index is 13.0. The summed E-state index contributed by atoms with van der Waals surface area (Å²) in [6.07, 6.45) is 1.63. The van der Waals surface area contributed by atoms with Crippen molar-refractivity contribution in [1.29, 1.82) is 0 Å². The van der Waals surface area contributed by atoms with Crippen molar-refractivity contribution >= 4 is 11.8 Å². The van der Waals surface area contributed by atoms with Gasteiger partial charge in [0.1, 0.15) is 5.75 Å². The second kappa shape index (κ2) is 7.66. The minimum Gasteiger partial charge on any atom is -0.497 e. The minimum absolute atomic E-state index is 0.0293. The summed E-state index contributed by atoms with van der Waals surface area (Å²) in [4.78, 5) is 27.6. The standard InChI is InChI=1S/C20H28N2O4/c1-14(2)21-18(23)17-12-22(13-20(17)8-10-26-11-9-20)19(24)15-4-6-16(25-3)7-5-15/h4-7,14,17H,8-13H2,1-3H3,(H,21,23)/t17-/m0/s1. The number of rotatable bonds is 4. The van der Waals surface area contributed by atoms with E-state index in [0.29, 0.717) is 31.9 Å². The molecule has 0 radical (unpaired) electrons. The number of nitrogens with one attached hydrogen (secondary N) is 1. The highest BCUT2D eigenvalue weighted by molar-refractivity contribution is 5.95. The fourth-order valence-corrected chi connectivity index (χ4v) is 4.07. The number of methoxy groups -OCH3 is 1. The molecule has 1 spiro atoms.